The number of methoxy groups -OCH3 is 1. The second-order valence-corrected chi connectivity index (χ2v) is 7.38. The molecule has 1 aliphatic heterocycles. The molecule has 1 aliphatic rings. The van der Waals surface area contributed by atoms with E-state index in [1.165, 1.54) is 5.56 Å². The Bertz CT molecular complexity index is 584. The van der Waals surface area contributed by atoms with Gasteiger partial charge in [0.1, 0.15) is 11.8 Å². The molecule has 0 radical (unpaired) electrons. The standard InChI is InChI=1S/C18H29N3O2/c1-11(2)15(17(22)20-19)21-16-13(8-7-9-14(16)23-6)12(3)10-18(21,4)5/h7-9,11-12,15H,10,19H2,1-6H3,(H,20,22). The van der Waals surface area contributed by atoms with Crippen LogP contribution in [-0.2, 0) is 4.79 Å². The molecule has 2 rings (SSSR count). The lowest BCUT2D eigenvalue weighted by Gasteiger charge is -2.51. The summed E-state index contributed by atoms with van der Waals surface area (Å²) in [7, 11) is 1.67. The summed E-state index contributed by atoms with van der Waals surface area (Å²) in [5, 5.41) is 0. The third kappa shape index (κ3) is 3.02. The van der Waals surface area contributed by atoms with E-state index >= 15 is 0 Å². The summed E-state index contributed by atoms with van der Waals surface area (Å²) in [6.07, 6.45) is 0.967. The molecule has 0 spiro atoms. The van der Waals surface area contributed by atoms with Crippen molar-refractivity contribution in [3.8, 4) is 5.75 Å². The summed E-state index contributed by atoms with van der Waals surface area (Å²) in [5.74, 6) is 6.62. The lowest BCUT2D eigenvalue weighted by atomic mass is 9.77. The Morgan fingerprint density at radius 2 is 2.09 bits per heavy atom. The van der Waals surface area contributed by atoms with Crippen molar-refractivity contribution in [2.75, 3.05) is 12.0 Å². The quantitative estimate of drug-likeness (QED) is 0.509. The fourth-order valence-electron chi connectivity index (χ4n) is 3.94. The molecule has 0 saturated carbocycles. The zero-order valence-electron chi connectivity index (χ0n) is 15.0. The topological polar surface area (TPSA) is 67.6 Å². The van der Waals surface area contributed by atoms with Crippen molar-refractivity contribution in [2.45, 2.75) is 58.5 Å². The van der Waals surface area contributed by atoms with Crippen molar-refractivity contribution in [1.29, 1.82) is 0 Å². The van der Waals surface area contributed by atoms with Crippen LogP contribution < -0.4 is 20.9 Å². The number of anilines is 1. The molecule has 2 unspecified atom stereocenters. The van der Waals surface area contributed by atoms with E-state index in [-0.39, 0.29) is 23.4 Å². The van der Waals surface area contributed by atoms with Gasteiger partial charge in [-0.15, -0.1) is 0 Å². The Kier molecular flexibility index (Phi) is 4.90. The van der Waals surface area contributed by atoms with Gasteiger partial charge in [-0.3, -0.25) is 10.2 Å². The molecule has 5 heteroatoms. The number of nitrogens with one attached hydrogen (secondary N) is 1. The minimum atomic E-state index is -0.349. The van der Waals surface area contributed by atoms with Crippen LogP contribution in [0.3, 0.4) is 0 Å². The van der Waals surface area contributed by atoms with E-state index in [4.69, 9.17) is 10.6 Å². The Labute approximate surface area is 139 Å². The SMILES string of the molecule is COc1cccc2c1N(C(C(=O)NN)C(C)C)C(C)(C)CC2C. The van der Waals surface area contributed by atoms with Crippen molar-refractivity contribution in [2.24, 2.45) is 11.8 Å². The molecule has 1 aromatic rings. The molecule has 5 nitrogen and oxygen atoms in total. The fourth-order valence-corrected chi connectivity index (χ4v) is 3.94. The van der Waals surface area contributed by atoms with Crippen LogP contribution in [0.1, 0.15) is 52.5 Å². The highest BCUT2D eigenvalue weighted by atomic mass is 16.5. The Balaban J connectivity index is 2.70. The lowest BCUT2D eigenvalue weighted by molar-refractivity contribution is -0.123. The van der Waals surface area contributed by atoms with Gasteiger partial charge < -0.3 is 9.64 Å². The summed E-state index contributed by atoms with van der Waals surface area (Å²) in [6, 6.07) is 5.75. The largest absolute Gasteiger partial charge is 0.495 e. The van der Waals surface area contributed by atoms with Crippen LogP contribution in [-0.4, -0.2) is 24.6 Å². The number of fused-ring (bicyclic) bond motifs is 1. The highest BCUT2D eigenvalue weighted by Crippen LogP contribution is 2.49. The van der Waals surface area contributed by atoms with Crippen LogP contribution in [0, 0.1) is 5.92 Å². The van der Waals surface area contributed by atoms with Gasteiger partial charge in [-0.2, -0.15) is 0 Å². The summed E-state index contributed by atoms with van der Waals surface area (Å²) in [4.78, 5) is 14.7. The predicted octanol–water partition coefficient (Wildman–Crippen LogP) is 2.80. The number of amides is 1. The van der Waals surface area contributed by atoms with Gasteiger partial charge in [0, 0.05) is 5.54 Å². The molecule has 0 saturated heterocycles. The molecule has 0 fully saturated rings. The normalized spacial score (nSPS) is 20.9. The first-order valence-corrected chi connectivity index (χ1v) is 8.21. The number of nitrogens with zero attached hydrogens (tertiary/aromatic N) is 1. The fraction of sp³-hybridized carbons (Fsp3) is 0.611. The zero-order valence-corrected chi connectivity index (χ0v) is 15.0. The lowest BCUT2D eigenvalue weighted by Crippen LogP contribution is -2.61. The highest BCUT2D eigenvalue weighted by molar-refractivity contribution is 5.87. The van der Waals surface area contributed by atoms with Crippen LogP contribution in [0.15, 0.2) is 18.2 Å². The number of hydrogen-bond acceptors (Lipinski definition) is 4. The summed E-state index contributed by atoms with van der Waals surface area (Å²) >= 11 is 0. The molecule has 0 aromatic heterocycles. The maximum absolute atomic E-state index is 12.5. The average Bonchev–Trinajstić information content (AvgIpc) is 2.49. The minimum absolute atomic E-state index is 0.115. The van der Waals surface area contributed by atoms with Gasteiger partial charge in [0.25, 0.3) is 5.91 Å². The number of carbonyl (C=O) groups excluding carboxylic acids is 1. The number of nitrogens with two attached hydrogens (primary N) is 1. The predicted molar refractivity (Wildman–Crippen MR) is 93.5 cm³/mol. The molecule has 2 atom stereocenters. The molecule has 23 heavy (non-hydrogen) atoms. The van der Waals surface area contributed by atoms with Gasteiger partial charge in [-0.1, -0.05) is 32.9 Å². The van der Waals surface area contributed by atoms with E-state index < -0.39 is 0 Å². The average molecular weight is 319 g/mol. The Morgan fingerprint density at radius 3 is 2.61 bits per heavy atom. The molecule has 1 heterocycles. The molecule has 0 aliphatic carbocycles. The monoisotopic (exact) mass is 319 g/mol. The van der Waals surface area contributed by atoms with E-state index in [1.54, 1.807) is 7.11 Å². The maximum Gasteiger partial charge on any atom is 0.256 e. The maximum atomic E-state index is 12.5. The van der Waals surface area contributed by atoms with E-state index in [9.17, 15) is 4.79 Å². The number of hydrogen-bond donors (Lipinski definition) is 2. The van der Waals surface area contributed by atoms with Crippen LogP contribution in [0.25, 0.3) is 0 Å². The minimum Gasteiger partial charge on any atom is -0.495 e. The van der Waals surface area contributed by atoms with Gasteiger partial charge >= 0.3 is 0 Å². The number of benzene rings is 1. The van der Waals surface area contributed by atoms with Gasteiger partial charge in [0.2, 0.25) is 0 Å². The second kappa shape index (κ2) is 6.40. The van der Waals surface area contributed by atoms with Crippen molar-refractivity contribution in [3.05, 3.63) is 23.8 Å². The number of carbonyl (C=O) groups is 1. The third-order valence-corrected chi connectivity index (χ3v) is 4.80. The number of para-hydroxylation sites is 1. The summed E-state index contributed by atoms with van der Waals surface area (Å²) in [5.41, 5.74) is 4.40. The van der Waals surface area contributed by atoms with Crippen LogP contribution in [0.4, 0.5) is 5.69 Å². The Morgan fingerprint density at radius 1 is 1.43 bits per heavy atom. The van der Waals surface area contributed by atoms with E-state index in [0.29, 0.717) is 5.92 Å². The van der Waals surface area contributed by atoms with Crippen molar-refractivity contribution < 1.29 is 9.53 Å². The zero-order chi connectivity index (χ0) is 17.4. The van der Waals surface area contributed by atoms with Gasteiger partial charge in [-0.25, -0.2) is 5.84 Å². The number of ether oxygens (including phenoxy) is 1. The molecule has 0 bridgehead atoms. The van der Waals surface area contributed by atoms with Gasteiger partial charge in [-0.05, 0) is 43.7 Å². The highest BCUT2D eigenvalue weighted by Gasteiger charge is 2.44. The van der Waals surface area contributed by atoms with Crippen LogP contribution >= 0.6 is 0 Å². The van der Waals surface area contributed by atoms with Gasteiger partial charge in [0.15, 0.2) is 0 Å². The Hall–Kier alpha value is -1.75. The van der Waals surface area contributed by atoms with Crippen LogP contribution in [0.2, 0.25) is 0 Å². The molecule has 1 amide bonds. The molecule has 3 N–H and O–H groups in total. The number of hydrazine groups is 1. The first-order valence-electron chi connectivity index (χ1n) is 8.21. The van der Waals surface area contributed by atoms with E-state index in [1.807, 2.05) is 26.0 Å². The second-order valence-electron chi connectivity index (χ2n) is 7.38. The van der Waals surface area contributed by atoms with Crippen molar-refractivity contribution >= 4 is 11.6 Å². The molecular formula is C18H29N3O2. The smallest absolute Gasteiger partial charge is 0.256 e. The molecule has 1 aromatic carbocycles. The first-order chi connectivity index (χ1) is 10.7. The van der Waals surface area contributed by atoms with Crippen LogP contribution in [0.5, 0.6) is 5.75 Å². The summed E-state index contributed by atoms with van der Waals surface area (Å²) < 4.78 is 5.62. The van der Waals surface area contributed by atoms with Crippen molar-refractivity contribution in [1.82, 2.24) is 5.43 Å². The molecule has 128 valence electrons. The van der Waals surface area contributed by atoms with Gasteiger partial charge in [0.05, 0.1) is 12.8 Å². The van der Waals surface area contributed by atoms with E-state index in [2.05, 4.69) is 37.2 Å². The first kappa shape index (κ1) is 17.6. The van der Waals surface area contributed by atoms with E-state index in [0.717, 1.165) is 17.9 Å². The third-order valence-electron chi connectivity index (χ3n) is 4.80. The summed E-state index contributed by atoms with van der Waals surface area (Å²) in [6.45, 7) is 10.7. The molecular weight excluding hydrogens is 290 g/mol. The number of rotatable bonds is 4. The van der Waals surface area contributed by atoms with Crippen molar-refractivity contribution in [3.63, 3.8) is 0 Å².